The van der Waals surface area contributed by atoms with Crippen LogP contribution in [-0.2, 0) is 12.2 Å². The number of aryl methyl sites for hydroxylation is 1. The maximum absolute atomic E-state index is 4.45. The van der Waals surface area contributed by atoms with Crippen LogP contribution < -0.4 is 9.80 Å². The summed E-state index contributed by atoms with van der Waals surface area (Å²) in [5.41, 5.74) is 3.68. The molecule has 0 atom stereocenters. The van der Waals surface area contributed by atoms with Gasteiger partial charge in [0, 0.05) is 38.2 Å². The number of anilines is 2. The Kier molecular flexibility index (Phi) is 3.77. The average Bonchev–Trinajstić information content (AvgIpc) is 3.46. The van der Waals surface area contributed by atoms with Crippen molar-refractivity contribution in [1.82, 2.24) is 20.4 Å². The summed E-state index contributed by atoms with van der Waals surface area (Å²) in [5.74, 6) is 4.86. The molecular formula is C18H22N6S. The maximum Gasteiger partial charge on any atom is 0.151 e. The van der Waals surface area contributed by atoms with Gasteiger partial charge in [0.25, 0.3) is 0 Å². The number of nitrogens with zero attached hydrogens (tertiary/aromatic N) is 6. The predicted octanol–water partition coefficient (Wildman–Crippen LogP) is 2.26. The first kappa shape index (κ1) is 15.4. The summed E-state index contributed by atoms with van der Waals surface area (Å²) < 4.78 is 0. The predicted molar refractivity (Wildman–Crippen MR) is 100 cm³/mol. The van der Waals surface area contributed by atoms with Crippen molar-refractivity contribution in [2.45, 2.75) is 37.0 Å². The molecule has 1 saturated heterocycles. The van der Waals surface area contributed by atoms with Crippen molar-refractivity contribution in [2.24, 2.45) is 0 Å². The van der Waals surface area contributed by atoms with Crippen LogP contribution in [0.4, 0.5) is 11.6 Å². The van der Waals surface area contributed by atoms with Crippen LogP contribution in [0.2, 0.25) is 0 Å². The Morgan fingerprint density at radius 2 is 2.00 bits per heavy atom. The molecule has 0 amide bonds. The van der Waals surface area contributed by atoms with Crippen LogP contribution in [0.1, 0.15) is 35.7 Å². The molecule has 2 aliphatic heterocycles. The second kappa shape index (κ2) is 6.12. The van der Waals surface area contributed by atoms with E-state index in [0.717, 1.165) is 48.3 Å². The minimum atomic E-state index is 0.452. The molecule has 1 aliphatic carbocycles. The molecule has 2 fully saturated rings. The zero-order valence-electron chi connectivity index (χ0n) is 14.4. The molecular weight excluding hydrogens is 332 g/mol. The number of fused-ring (bicyclic) bond motifs is 1. The quantitative estimate of drug-likeness (QED) is 0.835. The maximum atomic E-state index is 4.45. The summed E-state index contributed by atoms with van der Waals surface area (Å²) in [4.78, 5) is 4.54. The first-order chi connectivity index (χ1) is 12.3. The molecule has 0 aromatic carbocycles. The van der Waals surface area contributed by atoms with E-state index in [1.54, 1.807) is 0 Å². The van der Waals surface area contributed by atoms with Crippen LogP contribution in [-0.4, -0.2) is 52.3 Å². The van der Waals surface area contributed by atoms with Gasteiger partial charge in [0.1, 0.15) is 0 Å². The summed E-state index contributed by atoms with van der Waals surface area (Å²) in [6.45, 7) is 1.92. The largest absolute Gasteiger partial charge is 0.352 e. The van der Waals surface area contributed by atoms with Crippen molar-refractivity contribution in [3.05, 3.63) is 35.2 Å². The fourth-order valence-corrected chi connectivity index (χ4v) is 4.43. The molecule has 0 unspecified atom stereocenters. The fourth-order valence-electron chi connectivity index (χ4n) is 3.48. The first-order valence-corrected chi connectivity index (χ1v) is 10.2. The summed E-state index contributed by atoms with van der Waals surface area (Å²) in [6, 6.07) is 6.94. The molecule has 1 saturated carbocycles. The van der Waals surface area contributed by atoms with Crippen LogP contribution in [0.15, 0.2) is 18.2 Å². The van der Waals surface area contributed by atoms with E-state index in [-0.39, 0.29) is 0 Å². The normalized spacial score (nSPS) is 20.1. The van der Waals surface area contributed by atoms with Crippen molar-refractivity contribution in [2.75, 3.05) is 35.7 Å². The molecule has 0 bridgehead atoms. The van der Waals surface area contributed by atoms with Gasteiger partial charge < -0.3 is 9.80 Å². The molecule has 7 heteroatoms. The number of aromatic nitrogens is 4. The molecule has 0 spiro atoms. The zero-order chi connectivity index (χ0) is 16.8. The molecule has 0 radical (unpaired) electrons. The van der Waals surface area contributed by atoms with Gasteiger partial charge in [-0.1, -0.05) is 0 Å². The van der Waals surface area contributed by atoms with E-state index in [1.807, 2.05) is 11.8 Å². The molecule has 4 heterocycles. The molecule has 3 aliphatic rings. The minimum Gasteiger partial charge on any atom is -0.352 e. The van der Waals surface area contributed by atoms with Crippen LogP contribution >= 0.6 is 11.8 Å². The summed E-state index contributed by atoms with van der Waals surface area (Å²) >= 11 is 1.98. The lowest BCUT2D eigenvalue weighted by Gasteiger charge is -2.44. The molecule has 6 nitrogen and oxygen atoms in total. The molecule has 2 aromatic rings. The van der Waals surface area contributed by atoms with Gasteiger partial charge >= 0.3 is 0 Å². The van der Waals surface area contributed by atoms with Crippen molar-refractivity contribution < 1.29 is 0 Å². The van der Waals surface area contributed by atoms with Gasteiger partial charge in [0.05, 0.1) is 17.4 Å². The summed E-state index contributed by atoms with van der Waals surface area (Å²) in [6.07, 6.45) is 3.58. The van der Waals surface area contributed by atoms with Gasteiger partial charge in [0.15, 0.2) is 11.6 Å². The molecule has 0 N–H and O–H groups in total. The van der Waals surface area contributed by atoms with Crippen molar-refractivity contribution >= 4 is 23.4 Å². The fraction of sp³-hybridized carbons (Fsp3) is 0.556. The molecule has 5 rings (SSSR count). The smallest absolute Gasteiger partial charge is 0.151 e. The van der Waals surface area contributed by atoms with E-state index in [9.17, 15) is 0 Å². The SMILES string of the molecule is CN(c1cc2c(nn1)CCSC2)C1CN(c2ccc(C3CC3)nn2)C1. The summed E-state index contributed by atoms with van der Waals surface area (Å²) in [5, 5.41) is 17.7. The van der Waals surface area contributed by atoms with Gasteiger partial charge in [-0.25, -0.2) is 0 Å². The van der Waals surface area contributed by atoms with Gasteiger partial charge in [-0.15, -0.1) is 10.2 Å². The Balaban J connectivity index is 1.23. The lowest BCUT2D eigenvalue weighted by atomic mass is 10.1. The summed E-state index contributed by atoms with van der Waals surface area (Å²) in [7, 11) is 2.12. The highest BCUT2D eigenvalue weighted by Crippen LogP contribution is 2.39. The third-order valence-electron chi connectivity index (χ3n) is 5.45. The third-order valence-corrected chi connectivity index (χ3v) is 6.46. The second-order valence-electron chi connectivity index (χ2n) is 7.24. The van der Waals surface area contributed by atoms with E-state index >= 15 is 0 Å². The van der Waals surface area contributed by atoms with Crippen LogP contribution in [0.25, 0.3) is 0 Å². The number of likely N-dealkylation sites (N-methyl/N-ethyl adjacent to an activating group) is 1. The molecule has 25 heavy (non-hydrogen) atoms. The minimum absolute atomic E-state index is 0.452. The zero-order valence-corrected chi connectivity index (χ0v) is 15.2. The van der Waals surface area contributed by atoms with Crippen molar-refractivity contribution in [3.8, 4) is 0 Å². The highest BCUT2D eigenvalue weighted by Gasteiger charge is 2.33. The Morgan fingerprint density at radius 1 is 1.12 bits per heavy atom. The third kappa shape index (κ3) is 2.94. The average molecular weight is 354 g/mol. The van der Waals surface area contributed by atoms with Gasteiger partial charge in [-0.3, -0.25) is 0 Å². The van der Waals surface area contributed by atoms with E-state index < -0.39 is 0 Å². The Bertz CT molecular complexity index is 770. The Morgan fingerprint density at radius 3 is 2.76 bits per heavy atom. The highest BCUT2D eigenvalue weighted by molar-refractivity contribution is 7.98. The topological polar surface area (TPSA) is 58.0 Å². The monoisotopic (exact) mass is 354 g/mol. The van der Waals surface area contributed by atoms with E-state index in [0.29, 0.717) is 12.0 Å². The number of thioether (sulfide) groups is 1. The van der Waals surface area contributed by atoms with Crippen LogP contribution in [0.5, 0.6) is 0 Å². The van der Waals surface area contributed by atoms with E-state index in [1.165, 1.54) is 24.1 Å². The van der Waals surface area contributed by atoms with Crippen LogP contribution in [0.3, 0.4) is 0 Å². The Hall–Kier alpha value is -1.89. The van der Waals surface area contributed by atoms with E-state index in [2.05, 4.69) is 55.4 Å². The van der Waals surface area contributed by atoms with Crippen LogP contribution in [0, 0.1) is 0 Å². The lowest BCUT2D eigenvalue weighted by Crippen LogP contribution is -2.59. The van der Waals surface area contributed by atoms with Gasteiger partial charge in [-0.2, -0.15) is 22.0 Å². The standard InChI is InChI=1S/C18H22N6S/c1-23(18-8-13-11-25-7-6-16(13)20-22-18)14-9-24(10-14)17-5-4-15(19-21-17)12-2-3-12/h4-5,8,12,14H,2-3,6-7,9-11H2,1H3. The number of rotatable bonds is 4. The number of hydrogen-bond donors (Lipinski definition) is 0. The van der Waals surface area contributed by atoms with Crippen molar-refractivity contribution in [1.29, 1.82) is 0 Å². The van der Waals surface area contributed by atoms with Gasteiger partial charge in [-0.05, 0) is 42.4 Å². The number of hydrogen-bond acceptors (Lipinski definition) is 7. The molecule has 130 valence electrons. The lowest BCUT2D eigenvalue weighted by molar-refractivity contribution is 0.486. The molecule has 2 aromatic heterocycles. The first-order valence-electron chi connectivity index (χ1n) is 9.02. The second-order valence-corrected chi connectivity index (χ2v) is 8.34. The Labute approximate surface area is 152 Å². The van der Waals surface area contributed by atoms with E-state index in [4.69, 9.17) is 0 Å². The van der Waals surface area contributed by atoms with Crippen molar-refractivity contribution in [3.63, 3.8) is 0 Å². The van der Waals surface area contributed by atoms with Gasteiger partial charge in [0.2, 0.25) is 0 Å². The highest BCUT2D eigenvalue weighted by atomic mass is 32.2.